The molecule has 76 valence electrons. The molecule has 2 heteroatoms. The van der Waals surface area contributed by atoms with E-state index in [0.29, 0.717) is 11.5 Å². The Hall–Kier alpha value is -0.0800. The second kappa shape index (κ2) is 2.96. The first-order valence-electron chi connectivity index (χ1n) is 5.45. The summed E-state index contributed by atoms with van der Waals surface area (Å²) in [7, 11) is 0. The molecule has 13 heavy (non-hydrogen) atoms. The van der Waals surface area contributed by atoms with E-state index in [9.17, 15) is 5.11 Å². The average molecular weight is 183 g/mol. The Bertz CT molecular complexity index is 188. The Morgan fingerprint density at radius 2 is 1.92 bits per heavy atom. The molecule has 2 nitrogen and oxygen atoms in total. The predicted octanol–water partition coefficient (Wildman–Crippen LogP) is 1.68. The van der Waals surface area contributed by atoms with Gasteiger partial charge in [0.05, 0.1) is 5.60 Å². The van der Waals surface area contributed by atoms with Gasteiger partial charge in [-0.1, -0.05) is 13.8 Å². The summed E-state index contributed by atoms with van der Waals surface area (Å²) in [5, 5.41) is 13.3. The fraction of sp³-hybridized carbons (Fsp3) is 1.00. The normalized spacial score (nSPS) is 30.7. The van der Waals surface area contributed by atoms with Crippen LogP contribution in [0.25, 0.3) is 0 Å². The van der Waals surface area contributed by atoms with Crippen molar-refractivity contribution >= 4 is 0 Å². The highest BCUT2D eigenvalue weighted by Crippen LogP contribution is 2.40. The van der Waals surface area contributed by atoms with Crippen molar-refractivity contribution in [3.05, 3.63) is 0 Å². The summed E-state index contributed by atoms with van der Waals surface area (Å²) in [6, 6.07) is 0.666. The molecular weight excluding hydrogens is 162 g/mol. The van der Waals surface area contributed by atoms with Crippen molar-refractivity contribution in [1.29, 1.82) is 0 Å². The van der Waals surface area contributed by atoms with Crippen molar-refractivity contribution in [2.75, 3.05) is 6.54 Å². The molecule has 0 aliphatic heterocycles. The molecule has 0 bridgehead atoms. The molecule has 0 spiro atoms. The van der Waals surface area contributed by atoms with Crippen LogP contribution in [0.4, 0.5) is 0 Å². The lowest BCUT2D eigenvalue weighted by molar-refractivity contribution is -0.0392. The highest BCUT2D eigenvalue weighted by molar-refractivity contribution is 4.95. The van der Waals surface area contributed by atoms with E-state index in [1.54, 1.807) is 0 Å². The van der Waals surface area contributed by atoms with Gasteiger partial charge >= 0.3 is 0 Å². The van der Waals surface area contributed by atoms with E-state index in [2.05, 4.69) is 19.2 Å². The van der Waals surface area contributed by atoms with Gasteiger partial charge in [-0.15, -0.1) is 0 Å². The first kappa shape index (κ1) is 9.47. The number of aliphatic hydroxyl groups is 1. The van der Waals surface area contributed by atoms with E-state index in [1.807, 2.05) is 0 Å². The Morgan fingerprint density at radius 3 is 2.31 bits per heavy atom. The van der Waals surface area contributed by atoms with E-state index in [0.717, 1.165) is 19.4 Å². The maximum Gasteiger partial charge on any atom is 0.0771 e. The molecule has 0 aromatic rings. The van der Waals surface area contributed by atoms with Crippen molar-refractivity contribution in [2.24, 2.45) is 5.41 Å². The molecule has 0 aromatic carbocycles. The summed E-state index contributed by atoms with van der Waals surface area (Å²) in [6.45, 7) is 5.43. The monoisotopic (exact) mass is 183 g/mol. The second-order valence-electron chi connectivity index (χ2n) is 5.73. The van der Waals surface area contributed by atoms with Crippen LogP contribution >= 0.6 is 0 Å². The highest BCUT2D eigenvalue weighted by atomic mass is 16.3. The Morgan fingerprint density at radius 1 is 1.31 bits per heavy atom. The van der Waals surface area contributed by atoms with E-state index in [1.165, 1.54) is 19.3 Å². The number of hydrogen-bond acceptors (Lipinski definition) is 2. The van der Waals surface area contributed by atoms with Gasteiger partial charge in [0.2, 0.25) is 0 Å². The van der Waals surface area contributed by atoms with Gasteiger partial charge in [0, 0.05) is 12.6 Å². The lowest BCUT2D eigenvalue weighted by Crippen LogP contribution is -2.53. The molecule has 2 rings (SSSR count). The van der Waals surface area contributed by atoms with Gasteiger partial charge in [-0.2, -0.15) is 0 Å². The average Bonchev–Trinajstić information content (AvgIpc) is 1.93. The van der Waals surface area contributed by atoms with E-state index in [4.69, 9.17) is 0 Å². The lowest BCUT2D eigenvalue weighted by Gasteiger charge is -2.46. The number of rotatable bonds is 3. The van der Waals surface area contributed by atoms with Crippen molar-refractivity contribution in [3.63, 3.8) is 0 Å². The molecule has 0 heterocycles. The smallest absolute Gasteiger partial charge is 0.0771 e. The van der Waals surface area contributed by atoms with Crippen LogP contribution in [0.3, 0.4) is 0 Å². The molecular formula is C11H21NO. The lowest BCUT2D eigenvalue weighted by atomic mass is 9.68. The van der Waals surface area contributed by atoms with Gasteiger partial charge in [0.25, 0.3) is 0 Å². The van der Waals surface area contributed by atoms with Crippen LogP contribution in [0.2, 0.25) is 0 Å². The highest BCUT2D eigenvalue weighted by Gasteiger charge is 2.39. The van der Waals surface area contributed by atoms with Gasteiger partial charge in [-0.05, 0) is 37.5 Å². The number of hydrogen-bond donors (Lipinski definition) is 2. The molecule has 2 fully saturated rings. The summed E-state index contributed by atoms with van der Waals surface area (Å²) >= 11 is 0. The standard InChI is InChI=1S/C11H21NO/c1-10(2)6-9(7-10)12-8-11(13)4-3-5-11/h9,12-13H,3-8H2,1-2H3. The van der Waals surface area contributed by atoms with Gasteiger partial charge in [-0.25, -0.2) is 0 Å². The van der Waals surface area contributed by atoms with Crippen LogP contribution in [-0.4, -0.2) is 23.3 Å². The third-order valence-electron chi connectivity index (χ3n) is 3.60. The number of nitrogens with one attached hydrogen (secondary N) is 1. The molecule has 2 saturated carbocycles. The Balaban J connectivity index is 1.65. The van der Waals surface area contributed by atoms with Crippen molar-refractivity contribution in [3.8, 4) is 0 Å². The molecule has 0 atom stereocenters. The van der Waals surface area contributed by atoms with Crippen LogP contribution in [0.15, 0.2) is 0 Å². The maximum absolute atomic E-state index is 9.85. The zero-order valence-corrected chi connectivity index (χ0v) is 8.77. The van der Waals surface area contributed by atoms with Gasteiger partial charge < -0.3 is 10.4 Å². The molecule has 2 aliphatic rings. The maximum atomic E-state index is 9.85. The minimum Gasteiger partial charge on any atom is -0.389 e. The van der Waals surface area contributed by atoms with Crippen LogP contribution in [0.5, 0.6) is 0 Å². The van der Waals surface area contributed by atoms with Crippen LogP contribution in [0.1, 0.15) is 46.0 Å². The van der Waals surface area contributed by atoms with Gasteiger partial charge in [0.1, 0.15) is 0 Å². The Kier molecular flexibility index (Phi) is 2.16. The van der Waals surface area contributed by atoms with Crippen LogP contribution in [0, 0.1) is 5.41 Å². The minimum atomic E-state index is -0.347. The fourth-order valence-electron chi connectivity index (χ4n) is 2.51. The molecule has 0 aromatic heterocycles. The van der Waals surface area contributed by atoms with Crippen LogP contribution in [-0.2, 0) is 0 Å². The SMILES string of the molecule is CC1(C)CC(NCC2(O)CCC2)C1. The first-order chi connectivity index (χ1) is 5.99. The largest absolute Gasteiger partial charge is 0.389 e. The summed E-state index contributed by atoms with van der Waals surface area (Å²) in [4.78, 5) is 0. The van der Waals surface area contributed by atoms with Crippen molar-refractivity contribution < 1.29 is 5.11 Å². The van der Waals surface area contributed by atoms with E-state index < -0.39 is 0 Å². The Labute approximate surface area is 80.7 Å². The van der Waals surface area contributed by atoms with Gasteiger partial charge in [-0.3, -0.25) is 0 Å². The third-order valence-corrected chi connectivity index (χ3v) is 3.60. The molecule has 2 N–H and O–H groups in total. The minimum absolute atomic E-state index is 0.347. The first-order valence-corrected chi connectivity index (χ1v) is 5.45. The fourth-order valence-corrected chi connectivity index (χ4v) is 2.51. The molecule has 0 amide bonds. The van der Waals surface area contributed by atoms with Crippen molar-refractivity contribution in [2.45, 2.75) is 57.6 Å². The molecule has 2 aliphatic carbocycles. The third kappa shape index (κ3) is 2.05. The zero-order valence-electron chi connectivity index (χ0n) is 8.77. The van der Waals surface area contributed by atoms with E-state index >= 15 is 0 Å². The quantitative estimate of drug-likeness (QED) is 0.697. The topological polar surface area (TPSA) is 32.3 Å². The second-order valence-corrected chi connectivity index (χ2v) is 5.73. The summed E-state index contributed by atoms with van der Waals surface area (Å²) in [5.41, 5.74) is 0.194. The summed E-state index contributed by atoms with van der Waals surface area (Å²) in [6.07, 6.45) is 5.73. The molecule has 0 unspecified atom stereocenters. The summed E-state index contributed by atoms with van der Waals surface area (Å²) in [5.74, 6) is 0. The molecule has 0 saturated heterocycles. The van der Waals surface area contributed by atoms with Crippen LogP contribution < -0.4 is 5.32 Å². The van der Waals surface area contributed by atoms with E-state index in [-0.39, 0.29) is 5.60 Å². The van der Waals surface area contributed by atoms with Crippen molar-refractivity contribution in [1.82, 2.24) is 5.32 Å². The predicted molar refractivity (Wildman–Crippen MR) is 53.6 cm³/mol. The zero-order chi connectivity index (χ0) is 9.53. The summed E-state index contributed by atoms with van der Waals surface area (Å²) < 4.78 is 0. The van der Waals surface area contributed by atoms with Gasteiger partial charge in [0.15, 0.2) is 0 Å². The molecule has 0 radical (unpaired) electrons.